The van der Waals surface area contributed by atoms with Gasteiger partial charge in [0.15, 0.2) is 0 Å². The summed E-state index contributed by atoms with van der Waals surface area (Å²) < 4.78 is 4.77. The van der Waals surface area contributed by atoms with E-state index in [9.17, 15) is 19.2 Å². The number of hydrogen-bond acceptors (Lipinski definition) is 6. The number of benzene rings is 4. The first-order valence-electron chi connectivity index (χ1n) is 12.7. The van der Waals surface area contributed by atoms with Gasteiger partial charge in [0.2, 0.25) is 5.91 Å². The number of esters is 1. The second-order valence-electron chi connectivity index (χ2n) is 8.76. The normalized spacial score (nSPS) is 10.9. The Hall–Kier alpha value is -4.86. The van der Waals surface area contributed by atoms with Gasteiger partial charge in [-0.1, -0.05) is 66.2 Å². The number of rotatable bonds is 10. The van der Waals surface area contributed by atoms with Gasteiger partial charge < -0.3 is 20.7 Å². The second-order valence-corrected chi connectivity index (χ2v) is 10.2. The SMILES string of the molecule is COC(=O)c1ccccc1NC(=O)CSc1cccc(NC(=O)/C(=C\c2ccccc2Cl)NC(=O)c2ccccc2)c1. The topological polar surface area (TPSA) is 114 Å². The van der Waals surface area contributed by atoms with Crippen molar-refractivity contribution in [2.45, 2.75) is 4.90 Å². The summed E-state index contributed by atoms with van der Waals surface area (Å²) in [6.45, 7) is 0. The van der Waals surface area contributed by atoms with Crippen LogP contribution in [0.3, 0.4) is 0 Å². The molecule has 0 heterocycles. The monoisotopic (exact) mass is 599 g/mol. The summed E-state index contributed by atoms with van der Waals surface area (Å²) >= 11 is 7.55. The third-order valence-corrected chi connectivity index (χ3v) is 7.14. The maximum atomic E-state index is 13.3. The molecule has 212 valence electrons. The molecule has 0 aromatic heterocycles. The van der Waals surface area contributed by atoms with Gasteiger partial charge in [-0.2, -0.15) is 0 Å². The first-order chi connectivity index (χ1) is 20.3. The van der Waals surface area contributed by atoms with Crippen LogP contribution in [0.2, 0.25) is 5.02 Å². The number of thioether (sulfide) groups is 1. The zero-order valence-corrected chi connectivity index (χ0v) is 24.0. The molecule has 0 saturated heterocycles. The van der Waals surface area contributed by atoms with Crippen LogP contribution >= 0.6 is 23.4 Å². The molecular formula is C32H26ClN3O5S. The molecule has 0 unspecified atom stereocenters. The summed E-state index contributed by atoms with van der Waals surface area (Å²) in [6.07, 6.45) is 1.51. The number of halogens is 1. The van der Waals surface area contributed by atoms with E-state index in [0.29, 0.717) is 32.4 Å². The fourth-order valence-corrected chi connectivity index (χ4v) is 4.71. The van der Waals surface area contributed by atoms with E-state index in [2.05, 4.69) is 16.0 Å². The van der Waals surface area contributed by atoms with E-state index in [1.807, 2.05) is 0 Å². The van der Waals surface area contributed by atoms with Gasteiger partial charge in [0.05, 0.1) is 24.1 Å². The number of carbonyl (C=O) groups is 4. The van der Waals surface area contributed by atoms with E-state index >= 15 is 0 Å². The van der Waals surface area contributed by atoms with Crippen molar-refractivity contribution in [2.75, 3.05) is 23.5 Å². The number of amides is 3. The smallest absolute Gasteiger partial charge is 0.339 e. The van der Waals surface area contributed by atoms with Crippen molar-refractivity contribution >= 4 is 64.5 Å². The summed E-state index contributed by atoms with van der Waals surface area (Å²) in [6, 6.07) is 29.0. The average Bonchev–Trinajstić information content (AvgIpc) is 3.01. The lowest BCUT2D eigenvalue weighted by Crippen LogP contribution is -2.30. The average molecular weight is 600 g/mol. The Labute approximate surface area is 252 Å². The van der Waals surface area contributed by atoms with Gasteiger partial charge in [-0.15, -0.1) is 11.8 Å². The van der Waals surface area contributed by atoms with Crippen LogP contribution in [0, 0.1) is 0 Å². The van der Waals surface area contributed by atoms with Crippen molar-refractivity contribution in [3.63, 3.8) is 0 Å². The van der Waals surface area contributed by atoms with E-state index in [0.717, 1.165) is 0 Å². The summed E-state index contributed by atoms with van der Waals surface area (Å²) in [7, 11) is 1.27. The molecule has 0 spiro atoms. The van der Waals surface area contributed by atoms with Crippen LogP contribution in [0.5, 0.6) is 0 Å². The Morgan fingerprint density at radius 3 is 2.31 bits per heavy atom. The molecule has 0 fully saturated rings. The fraction of sp³-hybridized carbons (Fsp3) is 0.0625. The minimum Gasteiger partial charge on any atom is -0.465 e. The standard InChI is InChI=1S/C32H26ClN3O5S/c1-41-32(40)25-15-6-8-17-27(25)35-29(37)20-42-24-14-9-13-23(19-24)34-31(39)28(18-22-12-5-7-16-26(22)33)36-30(38)21-10-3-2-4-11-21/h2-19H,20H2,1H3,(H,34,39)(H,35,37)(H,36,38)/b28-18+. The van der Waals surface area contributed by atoms with Crippen molar-refractivity contribution in [1.29, 1.82) is 0 Å². The number of hydrogen-bond donors (Lipinski definition) is 3. The maximum Gasteiger partial charge on any atom is 0.339 e. The van der Waals surface area contributed by atoms with E-state index in [1.165, 1.54) is 24.9 Å². The predicted octanol–water partition coefficient (Wildman–Crippen LogP) is 6.27. The Morgan fingerprint density at radius 2 is 1.55 bits per heavy atom. The van der Waals surface area contributed by atoms with E-state index < -0.39 is 17.8 Å². The van der Waals surface area contributed by atoms with Gasteiger partial charge in [0.25, 0.3) is 11.8 Å². The number of ether oxygens (including phenoxy) is 1. The number of carbonyl (C=O) groups excluding carboxylic acids is 4. The van der Waals surface area contributed by atoms with E-state index in [4.69, 9.17) is 16.3 Å². The molecule has 10 heteroatoms. The molecule has 4 rings (SSSR count). The van der Waals surface area contributed by atoms with Crippen LogP contribution in [0.4, 0.5) is 11.4 Å². The lowest BCUT2D eigenvalue weighted by Gasteiger charge is -2.13. The molecule has 0 radical (unpaired) electrons. The molecule has 0 aliphatic rings. The highest BCUT2D eigenvalue weighted by atomic mass is 35.5. The van der Waals surface area contributed by atoms with Crippen molar-refractivity contribution in [3.8, 4) is 0 Å². The third kappa shape index (κ3) is 8.33. The predicted molar refractivity (Wildman–Crippen MR) is 166 cm³/mol. The maximum absolute atomic E-state index is 13.3. The van der Waals surface area contributed by atoms with Gasteiger partial charge in [-0.3, -0.25) is 14.4 Å². The molecule has 0 saturated carbocycles. The molecule has 0 aliphatic heterocycles. The Balaban J connectivity index is 1.45. The largest absolute Gasteiger partial charge is 0.465 e. The lowest BCUT2D eigenvalue weighted by molar-refractivity contribution is -0.114. The van der Waals surface area contributed by atoms with Crippen LogP contribution in [0.1, 0.15) is 26.3 Å². The van der Waals surface area contributed by atoms with Gasteiger partial charge in [-0.05, 0) is 60.2 Å². The van der Waals surface area contributed by atoms with Gasteiger partial charge in [-0.25, -0.2) is 4.79 Å². The highest BCUT2D eigenvalue weighted by Gasteiger charge is 2.17. The van der Waals surface area contributed by atoms with Gasteiger partial charge >= 0.3 is 5.97 Å². The number of para-hydroxylation sites is 1. The Morgan fingerprint density at radius 1 is 0.833 bits per heavy atom. The number of methoxy groups -OCH3 is 1. The van der Waals surface area contributed by atoms with Crippen LogP contribution in [-0.2, 0) is 14.3 Å². The number of anilines is 2. The highest BCUT2D eigenvalue weighted by molar-refractivity contribution is 8.00. The molecular weight excluding hydrogens is 574 g/mol. The molecule has 4 aromatic carbocycles. The number of nitrogens with one attached hydrogen (secondary N) is 3. The van der Waals surface area contributed by atoms with Crippen molar-refractivity contribution < 1.29 is 23.9 Å². The molecule has 0 bridgehead atoms. The second kappa shape index (κ2) is 14.7. The van der Waals surface area contributed by atoms with Crippen LogP contribution in [-0.4, -0.2) is 36.6 Å². The van der Waals surface area contributed by atoms with E-state index in [-0.39, 0.29) is 22.9 Å². The molecule has 42 heavy (non-hydrogen) atoms. The molecule has 3 N–H and O–H groups in total. The first kappa shape index (κ1) is 30.1. The van der Waals surface area contributed by atoms with Crippen molar-refractivity contribution in [2.24, 2.45) is 0 Å². The van der Waals surface area contributed by atoms with Crippen LogP contribution in [0.25, 0.3) is 6.08 Å². The van der Waals surface area contributed by atoms with Crippen LogP contribution in [0.15, 0.2) is 114 Å². The first-order valence-corrected chi connectivity index (χ1v) is 14.0. The van der Waals surface area contributed by atoms with Gasteiger partial charge in [0.1, 0.15) is 5.70 Å². The summed E-state index contributed by atoms with van der Waals surface area (Å²) in [5.41, 5.74) is 2.01. The molecule has 3 amide bonds. The molecule has 0 aliphatic carbocycles. The van der Waals surface area contributed by atoms with E-state index in [1.54, 1.807) is 103 Å². The summed E-state index contributed by atoms with van der Waals surface area (Å²) in [4.78, 5) is 51.5. The third-order valence-electron chi connectivity index (χ3n) is 5.80. The highest BCUT2D eigenvalue weighted by Crippen LogP contribution is 2.24. The minimum absolute atomic E-state index is 0.00124. The minimum atomic E-state index is -0.557. The molecule has 0 atom stereocenters. The lowest BCUT2D eigenvalue weighted by atomic mass is 10.1. The summed E-state index contributed by atoms with van der Waals surface area (Å²) in [5, 5.41) is 8.63. The Kier molecular flexibility index (Phi) is 10.5. The Bertz CT molecular complexity index is 1640. The zero-order valence-electron chi connectivity index (χ0n) is 22.4. The zero-order chi connectivity index (χ0) is 29.9. The quantitative estimate of drug-likeness (QED) is 0.113. The molecule has 4 aromatic rings. The van der Waals surface area contributed by atoms with Crippen molar-refractivity contribution in [1.82, 2.24) is 5.32 Å². The van der Waals surface area contributed by atoms with Crippen LogP contribution < -0.4 is 16.0 Å². The fourth-order valence-electron chi connectivity index (χ4n) is 3.77. The van der Waals surface area contributed by atoms with Gasteiger partial charge in [0, 0.05) is 21.2 Å². The summed E-state index contributed by atoms with van der Waals surface area (Å²) in [5.74, 6) is -1.83. The molecule has 8 nitrogen and oxygen atoms in total. The van der Waals surface area contributed by atoms with Crippen molar-refractivity contribution in [3.05, 3.63) is 131 Å².